The molecule has 0 radical (unpaired) electrons. The molecule has 0 aromatic rings. The molecule has 2 atom stereocenters. The third kappa shape index (κ3) is 2.99. The first kappa shape index (κ1) is 10.5. The predicted molar refractivity (Wildman–Crippen MR) is 53.5 cm³/mol. The first-order valence-corrected chi connectivity index (χ1v) is 5.26. The number of piperidine rings is 1. The molecule has 0 saturated carbocycles. The minimum atomic E-state index is 0.111. The first-order chi connectivity index (χ1) is 6.25. The summed E-state index contributed by atoms with van der Waals surface area (Å²) in [6.07, 6.45) is 3.64. The van der Waals surface area contributed by atoms with Crippen LogP contribution in [-0.2, 0) is 4.79 Å². The molecule has 0 unspecified atom stereocenters. The smallest absolute Gasteiger partial charge is 0.224 e. The molecular weight excluding hydrogens is 164 g/mol. The van der Waals surface area contributed by atoms with E-state index >= 15 is 0 Å². The van der Waals surface area contributed by atoms with Crippen molar-refractivity contribution in [3.63, 3.8) is 0 Å². The molecule has 13 heavy (non-hydrogen) atoms. The minimum absolute atomic E-state index is 0.111. The molecule has 1 aliphatic rings. The number of amides is 1. The Morgan fingerprint density at radius 3 is 2.92 bits per heavy atom. The van der Waals surface area contributed by atoms with Gasteiger partial charge >= 0.3 is 0 Å². The molecule has 3 nitrogen and oxygen atoms in total. The Labute approximate surface area is 80.3 Å². The summed E-state index contributed by atoms with van der Waals surface area (Å²) in [6, 6.07) is 0.389. The third-order valence-electron chi connectivity index (χ3n) is 2.72. The molecular formula is C10H20N2O. The zero-order valence-electron chi connectivity index (χ0n) is 8.60. The highest BCUT2D eigenvalue weighted by Crippen LogP contribution is 2.14. The van der Waals surface area contributed by atoms with Crippen molar-refractivity contribution in [2.45, 2.75) is 39.2 Å². The van der Waals surface area contributed by atoms with Crippen LogP contribution in [0.25, 0.3) is 0 Å². The molecule has 1 saturated heterocycles. The number of nitrogens with one attached hydrogen (secondary N) is 2. The van der Waals surface area contributed by atoms with Crippen LogP contribution < -0.4 is 10.6 Å². The molecule has 2 N–H and O–H groups in total. The SMILES string of the molecule is CCNC(=O)[C@H](C)[C@H]1CCCCN1. The average Bonchev–Trinajstić information content (AvgIpc) is 2.18. The Morgan fingerprint density at radius 1 is 1.62 bits per heavy atom. The van der Waals surface area contributed by atoms with Crippen LogP contribution in [0.15, 0.2) is 0 Å². The highest BCUT2D eigenvalue weighted by Gasteiger charge is 2.24. The fraction of sp³-hybridized carbons (Fsp3) is 0.900. The maximum absolute atomic E-state index is 11.5. The van der Waals surface area contributed by atoms with Crippen molar-refractivity contribution in [2.75, 3.05) is 13.1 Å². The van der Waals surface area contributed by atoms with Crippen LogP contribution in [-0.4, -0.2) is 25.0 Å². The van der Waals surface area contributed by atoms with Crippen LogP contribution in [0.1, 0.15) is 33.1 Å². The summed E-state index contributed by atoms with van der Waals surface area (Å²) in [5.41, 5.74) is 0. The molecule has 1 aliphatic heterocycles. The number of carbonyl (C=O) groups is 1. The summed E-state index contributed by atoms with van der Waals surface area (Å²) in [7, 11) is 0. The van der Waals surface area contributed by atoms with E-state index in [-0.39, 0.29) is 11.8 Å². The number of carbonyl (C=O) groups excluding carboxylic acids is 1. The second-order valence-corrected chi connectivity index (χ2v) is 3.74. The fourth-order valence-corrected chi connectivity index (χ4v) is 1.82. The molecule has 1 amide bonds. The van der Waals surface area contributed by atoms with Crippen LogP contribution in [0.2, 0.25) is 0 Å². The van der Waals surface area contributed by atoms with Gasteiger partial charge in [-0.15, -0.1) is 0 Å². The Kier molecular flexibility index (Phi) is 4.22. The number of hydrogen-bond acceptors (Lipinski definition) is 2. The average molecular weight is 184 g/mol. The molecule has 0 aromatic heterocycles. The van der Waals surface area contributed by atoms with Crippen molar-refractivity contribution < 1.29 is 4.79 Å². The lowest BCUT2D eigenvalue weighted by molar-refractivity contribution is -0.125. The van der Waals surface area contributed by atoms with Crippen molar-refractivity contribution >= 4 is 5.91 Å². The van der Waals surface area contributed by atoms with Crippen molar-refractivity contribution in [3.8, 4) is 0 Å². The van der Waals surface area contributed by atoms with E-state index < -0.39 is 0 Å². The molecule has 0 aliphatic carbocycles. The summed E-state index contributed by atoms with van der Waals surface area (Å²) in [4.78, 5) is 11.5. The Morgan fingerprint density at radius 2 is 2.38 bits per heavy atom. The predicted octanol–water partition coefficient (Wildman–Crippen LogP) is 0.901. The maximum Gasteiger partial charge on any atom is 0.224 e. The summed E-state index contributed by atoms with van der Waals surface area (Å²) in [6.45, 7) is 5.76. The molecule has 3 heteroatoms. The van der Waals surface area contributed by atoms with E-state index in [9.17, 15) is 4.79 Å². The van der Waals surface area contributed by atoms with Gasteiger partial charge in [0.05, 0.1) is 5.92 Å². The van der Waals surface area contributed by atoms with Gasteiger partial charge in [-0.3, -0.25) is 4.79 Å². The molecule has 76 valence electrons. The number of rotatable bonds is 3. The van der Waals surface area contributed by atoms with Crippen LogP contribution >= 0.6 is 0 Å². The summed E-state index contributed by atoms with van der Waals surface area (Å²) in [5.74, 6) is 0.294. The van der Waals surface area contributed by atoms with E-state index in [1.807, 2.05) is 13.8 Å². The molecule has 0 spiro atoms. The monoisotopic (exact) mass is 184 g/mol. The molecule has 1 rings (SSSR count). The first-order valence-electron chi connectivity index (χ1n) is 5.26. The standard InChI is InChI=1S/C10H20N2O/c1-3-11-10(13)8(2)9-6-4-5-7-12-9/h8-9,12H,3-7H2,1-2H3,(H,11,13)/t8-,9-/m1/s1. The topological polar surface area (TPSA) is 41.1 Å². The van der Waals surface area contributed by atoms with E-state index in [1.54, 1.807) is 0 Å². The highest BCUT2D eigenvalue weighted by atomic mass is 16.1. The van der Waals surface area contributed by atoms with Gasteiger partial charge in [-0.25, -0.2) is 0 Å². The molecule has 1 heterocycles. The van der Waals surface area contributed by atoms with Crippen LogP contribution in [0, 0.1) is 5.92 Å². The zero-order valence-corrected chi connectivity index (χ0v) is 8.60. The van der Waals surface area contributed by atoms with E-state index in [4.69, 9.17) is 0 Å². The normalized spacial score (nSPS) is 25.2. The van der Waals surface area contributed by atoms with Gasteiger partial charge in [-0.05, 0) is 26.3 Å². The van der Waals surface area contributed by atoms with E-state index in [0.29, 0.717) is 6.04 Å². The van der Waals surface area contributed by atoms with E-state index in [0.717, 1.165) is 19.5 Å². The second kappa shape index (κ2) is 5.22. The minimum Gasteiger partial charge on any atom is -0.356 e. The van der Waals surface area contributed by atoms with E-state index in [2.05, 4.69) is 10.6 Å². The summed E-state index contributed by atoms with van der Waals surface area (Å²) >= 11 is 0. The molecule has 0 bridgehead atoms. The lowest BCUT2D eigenvalue weighted by Gasteiger charge is -2.28. The zero-order chi connectivity index (χ0) is 9.68. The Balaban J connectivity index is 2.35. The lowest BCUT2D eigenvalue weighted by atomic mass is 9.93. The number of hydrogen-bond donors (Lipinski definition) is 2. The lowest BCUT2D eigenvalue weighted by Crippen LogP contribution is -2.45. The molecule has 0 aromatic carbocycles. The van der Waals surface area contributed by atoms with Gasteiger partial charge < -0.3 is 10.6 Å². The van der Waals surface area contributed by atoms with Gasteiger partial charge in [0.25, 0.3) is 0 Å². The Hall–Kier alpha value is -0.570. The van der Waals surface area contributed by atoms with Crippen LogP contribution in [0.3, 0.4) is 0 Å². The Bertz CT molecular complexity index is 164. The van der Waals surface area contributed by atoms with Gasteiger partial charge in [-0.2, -0.15) is 0 Å². The summed E-state index contributed by atoms with van der Waals surface area (Å²) < 4.78 is 0. The van der Waals surface area contributed by atoms with Crippen molar-refractivity contribution in [3.05, 3.63) is 0 Å². The molecule has 1 fully saturated rings. The van der Waals surface area contributed by atoms with Crippen LogP contribution in [0.5, 0.6) is 0 Å². The van der Waals surface area contributed by atoms with Crippen LogP contribution in [0.4, 0.5) is 0 Å². The largest absolute Gasteiger partial charge is 0.356 e. The maximum atomic E-state index is 11.5. The quantitative estimate of drug-likeness (QED) is 0.684. The van der Waals surface area contributed by atoms with Crippen molar-refractivity contribution in [1.29, 1.82) is 0 Å². The third-order valence-corrected chi connectivity index (χ3v) is 2.72. The fourth-order valence-electron chi connectivity index (χ4n) is 1.82. The van der Waals surface area contributed by atoms with Crippen molar-refractivity contribution in [2.24, 2.45) is 5.92 Å². The van der Waals surface area contributed by atoms with Gasteiger partial charge in [0.2, 0.25) is 5.91 Å². The highest BCUT2D eigenvalue weighted by molar-refractivity contribution is 5.78. The van der Waals surface area contributed by atoms with Crippen molar-refractivity contribution in [1.82, 2.24) is 10.6 Å². The van der Waals surface area contributed by atoms with Gasteiger partial charge in [0, 0.05) is 12.6 Å². The van der Waals surface area contributed by atoms with E-state index in [1.165, 1.54) is 12.8 Å². The second-order valence-electron chi connectivity index (χ2n) is 3.74. The van der Waals surface area contributed by atoms with Gasteiger partial charge in [0.15, 0.2) is 0 Å². The summed E-state index contributed by atoms with van der Waals surface area (Å²) in [5, 5.41) is 6.26. The van der Waals surface area contributed by atoms with Gasteiger partial charge in [0.1, 0.15) is 0 Å². The van der Waals surface area contributed by atoms with Gasteiger partial charge in [-0.1, -0.05) is 13.3 Å².